The maximum atomic E-state index is 14.1. The Hall–Kier alpha value is -3.27. The van der Waals surface area contributed by atoms with Crippen molar-refractivity contribution < 1.29 is 18.8 Å². The Bertz CT molecular complexity index is 1340. The molecule has 9 heteroatoms. The summed E-state index contributed by atoms with van der Waals surface area (Å²) in [6, 6.07) is 11.6. The van der Waals surface area contributed by atoms with Gasteiger partial charge in [-0.25, -0.2) is 14.4 Å². The molecule has 168 valence electrons. The second-order valence-corrected chi connectivity index (χ2v) is 9.34. The Kier molecular flexibility index (Phi) is 5.61. The van der Waals surface area contributed by atoms with Crippen LogP contribution in [0.4, 0.5) is 4.39 Å². The first-order valence-electron chi connectivity index (χ1n) is 10.5. The van der Waals surface area contributed by atoms with Gasteiger partial charge in [-0.05, 0) is 41.9 Å². The normalized spacial score (nSPS) is 17.0. The molecule has 33 heavy (non-hydrogen) atoms. The largest absolute Gasteiger partial charge is 0.612 e. The monoisotopic (exact) mass is 464 g/mol. The third kappa shape index (κ3) is 3.99. The molecule has 1 saturated heterocycles. The number of rotatable bonds is 4. The first kappa shape index (κ1) is 21.6. The Morgan fingerprint density at radius 2 is 1.97 bits per heavy atom. The lowest BCUT2D eigenvalue weighted by Gasteiger charge is -2.15. The maximum Gasteiger partial charge on any atom is 0.254 e. The van der Waals surface area contributed by atoms with Crippen LogP contribution < -0.4 is 0 Å². The van der Waals surface area contributed by atoms with Crippen molar-refractivity contribution in [3.63, 3.8) is 0 Å². The lowest BCUT2D eigenvalue weighted by Crippen LogP contribution is -2.29. The predicted molar refractivity (Wildman–Crippen MR) is 123 cm³/mol. The molecule has 0 spiro atoms. The molecule has 1 N–H and O–H groups in total. The fourth-order valence-electron chi connectivity index (χ4n) is 4.11. The average Bonchev–Trinajstić information content (AvgIpc) is 3.42. The summed E-state index contributed by atoms with van der Waals surface area (Å²) in [5.74, 6) is -0.215. The fourth-order valence-corrected chi connectivity index (χ4v) is 4.85. The molecule has 0 aliphatic carbocycles. The number of aromatic nitrogens is 3. The topological polar surface area (TPSA) is 94.3 Å². The molecule has 1 amide bonds. The van der Waals surface area contributed by atoms with E-state index in [4.69, 9.17) is 0 Å². The number of likely N-dealkylation sites (tertiary alicyclic amines) is 1. The predicted octanol–water partition coefficient (Wildman–Crippen LogP) is 3.17. The van der Waals surface area contributed by atoms with Crippen LogP contribution in [0.2, 0.25) is 0 Å². The maximum absolute atomic E-state index is 14.1. The number of hydrogen-bond acceptors (Lipinski definition) is 5. The second-order valence-electron chi connectivity index (χ2n) is 7.99. The highest BCUT2D eigenvalue weighted by Crippen LogP contribution is 2.29. The van der Waals surface area contributed by atoms with Gasteiger partial charge in [0.25, 0.3) is 5.91 Å². The van der Waals surface area contributed by atoms with Crippen molar-refractivity contribution in [2.45, 2.75) is 17.4 Å². The molecule has 3 heterocycles. The highest BCUT2D eigenvalue weighted by atomic mass is 32.2. The number of nitrogens with zero attached hydrogens (tertiary/aromatic N) is 4. The number of carbonyl (C=O) groups excluding carboxylic acids is 1. The van der Waals surface area contributed by atoms with Crippen LogP contribution in [0.3, 0.4) is 0 Å². The molecule has 5 rings (SSSR count). The lowest BCUT2D eigenvalue weighted by molar-refractivity contribution is 0.0765. The third-order valence-electron chi connectivity index (χ3n) is 5.81. The van der Waals surface area contributed by atoms with E-state index in [1.165, 1.54) is 18.5 Å². The average molecular weight is 465 g/mol. The SMILES string of the molecule is C[S+]([O-])c1cn(-c2ncc(-c3ccccc3F)cn2)c2cc(C(=O)N3CCC(O)C3)ccc12. The van der Waals surface area contributed by atoms with E-state index in [2.05, 4.69) is 9.97 Å². The first-order chi connectivity index (χ1) is 15.9. The van der Waals surface area contributed by atoms with Gasteiger partial charge in [-0.15, -0.1) is 0 Å². The van der Waals surface area contributed by atoms with Crippen LogP contribution in [0.1, 0.15) is 16.8 Å². The minimum Gasteiger partial charge on any atom is -0.612 e. The highest BCUT2D eigenvalue weighted by molar-refractivity contribution is 7.91. The number of fused-ring (bicyclic) bond motifs is 1. The van der Waals surface area contributed by atoms with Gasteiger partial charge >= 0.3 is 0 Å². The molecular weight excluding hydrogens is 443 g/mol. The molecule has 0 radical (unpaired) electrons. The molecule has 0 bridgehead atoms. The van der Waals surface area contributed by atoms with Crippen LogP contribution in [0, 0.1) is 5.82 Å². The van der Waals surface area contributed by atoms with Crippen LogP contribution in [-0.4, -0.2) is 60.5 Å². The van der Waals surface area contributed by atoms with Gasteiger partial charge in [0.15, 0.2) is 4.90 Å². The molecule has 1 aliphatic heterocycles. The molecular formula is C24H21FN4O3S. The van der Waals surface area contributed by atoms with E-state index in [9.17, 15) is 18.8 Å². The van der Waals surface area contributed by atoms with Crippen LogP contribution in [0.15, 0.2) is 66.0 Å². The number of β-amino-alcohol motifs (C(OH)–C–C–N with tert-alkyl or cyclic N) is 1. The van der Waals surface area contributed by atoms with Gasteiger partial charge in [0.05, 0.1) is 23.2 Å². The Balaban J connectivity index is 1.57. The second kappa shape index (κ2) is 8.58. The molecule has 1 fully saturated rings. The van der Waals surface area contributed by atoms with Crippen molar-refractivity contribution in [3.05, 3.63) is 72.4 Å². The summed E-state index contributed by atoms with van der Waals surface area (Å²) in [4.78, 5) is 24.0. The van der Waals surface area contributed by atoms with Crippen LogP contribution in [0.25, 0.3) is 28.0 Å². The quantitative estimate of drug-likeness (QED) is 0.468. The Morgan fingerprint density at radius 1 is 1.21 bits per heavy atom. The molecule has 2 aromatic carbocycles. The smallest absolute Gasteiger partial charge is 0.254 e. The summed E-state index contributed by atoms with van der Waals surface area (Å²) < 4.78 is 28.2. The summed E-state index contributed by atoms with van der Waals surface area (Å²) in [6.07, 6.45) is 6.42. The standard InChI is InChI=1S/C24H21FN4O3S/c1-33(32)22-14-29(24-26-11-16(12-27-24)18-4-2-3-5-20(18)25)21-10-15(6-7-19(21)22)23(31)28-9-8-17(30)13-28/h2-7,10-12,14,17,30H,8-9,13H2,1H3. The van der Waals surface area contributed by atoms with Crippen molar-refractivity contribution in [1.82, 2.24) is 19.4 Å². The number of hydrogen-bond donors (Lipinski definition) is 1. The van der Waals surface area contributed by atoms with E-state index >= 15 is 0 Å². The van der Waals surface area contributed by atoms with Crippen molar-refractivity contribution in [2.75, 3.05) is 19.3 Å². The van der Waals surface area contributed by atoms with E-state index in [1.54, 1.807) is 58.3 Å². The number of carbonyl (C=O) groups is 1. The molecule has 4 aromatic rings. The first-order valence-corrected chi connectivity index (χ1v) is 12.0. The summed E-state index contributed by atoms with van der Waals surface area (Å²) in [7, 11) is 0. The van der Waals surface area contributed by atoms with Gasteiger partial charge in [0, 0.05) is 42.2 Å². The van der Waals surface area contributed by atoms with E-state index in [0.29, 0.717) is 52.6 Å². The minimum absolute atomic E-state index is 0.170. The number of benzene rings is 2. The van der Waals surface area contributed by atoms with Crippen molar-refractivity contribution in [2.24, 2.45) is 0 Å². The summed E-state index contributed by atoms with van der Waals surface area (Å²) in [5, 5.41) is 10.5. The van der Waals surface area contributed by atoms with E-state index in [0.717, 1.165) is 5.39 Å². The number of aliphatic hydroxyl groups is 1. The zero-order chi connectivity index (χ0) is 23.1. The van der Waals surface area contributed by atoms with E-state index in [1.807, 2.05) is 0 Å². The van der Waals surface area contributed by atoms with Crippen molar-refractivity contribution in [1.29, 1.82) is 0 Å². The summed E-state index contributed by atoms with van der Waals surface area (Å²) in [5.41, 5.74) is 2.05. The number of halogens is 1. The molecule has 2 atom stereocenters. The van der Waals surface area contributed by atoms with Gasteiger partial charge in [-0.2, -0.15) is 0 Å². The molecule has 2 aromatic heterocycles. The molecule has 2 unspecified atom stereocenters. The van der Waals surface area contributed by atoms with Gasteiger partial charge in [0.1, 0.15) is 12.1 Å². The third-order valence-corrected chi connectivity index (χ3v) is 6.76. The van der Waals surface area contributed by atoms with E-state index < -0.39 is 17.3 Å². The van der Waals surface area contributed by atoms with Crippen LogP contribution >= 0.6 is 0 Å². The van der Waals surface area contributed by atoms with Crippen LogP contribution in [-0.2, 0) is 11.2 Å². The van der Waals surface area contributed by atoms with Gasteiger partial charge in [-0.1, -0.05) is 18.2 Å². The van der Waals surface area contributed by atoms with Gasteiger partial charge in [0.2, 0.25) is 5.95 Å². The Morgan fingerprint density at radius 3 is 2.64 bits per heavy atom. The van der Waals surface area contributed by atoms with Crippen molar-refractivity contribution >= 4 is 28.0 Å². The zero-order valence-electron chi connectivity index (χ0n) is 17.8. The highest BCUT2D eigenvalue weighted by Gasteiger charge is 2.27. The Labute approximate surface area is 192 Å². The van der Waals surface area contributed by atoms with E-state index in [-0.39, 0.29) is 11.7 Å². The summed E-state index contributed by atoms with van der Waals surface area (Å²) >= 11 is -1.27. The molecule has 7 nitrogen and oxygen atoms in total. The van der Waals surface area contributed by atoms with Crippen molar-refractivity contribution in [3.8, 4) is 17.1 Å². The van der Waals surface area contributed by atoms with Gasteiger partial charge < -0.3 is 14.6 Å². The summed E-state index contributed by atoms with van der Waals surface area (Å²) in [6.45, 7) is 0.812. The molecule has 0 saturated carbocycles. The zero-order valence-corrected chi connectivity index (χ0v) is 18.6. The molecule has 1 aliphatic rings. The lowest BCUT2D eigenvalue weighted by atomic mass is 10.1. The minimum atomic E-state index is -1.27. The van der Waals surface area contributed by atoms with Crippen LogP contribution in [0.5, 0.6) is 0 Å². The fraction of sp³-hybridized carbons (Fsp3) is 0.208. The number of aliphatic hydroxyl groups excluding tert-OH is 1. The number of amides is 1. The van der Waals surface area contributed by atoms with Gasteiger partial charge in [-0.3, -0.25) is 9.36 Å².